The van der Waals surface area contributed by atoms with Gasteiger partial charge in [-0.2, -0.15) is 5.10 Å². The first-order chi connectivity index (χ1) is 13.8. The Morgan fingerprint density at radius 2 is 1.72 bits per heavy atom. The van der Waals surface area contributed by atoms with E-state index in [2.05, 4.69) is 15.1 Å². The highest BCUT2D eigenvalue weighted by Crippen LogP contribution is 2.17. The van der Waals surface area contributed by atoms with Gasteiger partial charge in [0.15, 0.2) is 5.69 Å². The van der Waals surface area contributed by atoms with Crippen molar-refractivity contribution < 1.29 is 13.2 Å². The Hall–Kier alpha value is -3.20. The Balaban J connectivity index is 1.92. The van der Waals surface area contributed by atoms with Crippen molar-refractivity contribution >= 4 is 32.4 Å². The molecular weight excluding hydrogens is 392 g/mol. The minimum absolute atomic E-state index is 0.0977. The van der Waals surface area contributed by atoms with Gasteiger partial charge in [0.1, 0.15) is 0 Å². The molecule has 0 radical (unpaired) electrons. The van der Waals surface area contributed by atoms with Crippen LogP contribution < -0.4 is 15.6 Å². The lowest BCUT2D eigenvalue weighted by Crippen LogP contribution is -2.30. The second kappa shape index (κ2) is 8.44. The standard InChI is InChI=1S/C20H22N4O4S/c1-3-12-24-20(26)16-10-6-5-9-15(16)18(22-24)19(25)21-13-14-8-4-7-11-17(14)23-29(2,27)28/h4-11,23H,3,12-13H2,1-2H3,(H,21,25). The number of nitrogens with one attached hydrogen (secondary N) is 2. The van der Waals surface area contributed by atoms with Gasteiger partial charge in [0, 0.05) is 18.5 Å². The van der Waals surface area contributed by atoms with Crippen LogP contribution in [0.2, 0.25) is 0 Å². The summed E-state index contributed by atoms with van der Waals surface area (Å²) in [6.45, 7) is 2.43. The fourth-order valence-electron chi connectivity index (χ4n) is 3.00. The van der Waals surface area contributed by atoms with Crippen molar-refractivity contribution in [2.24, 2.45) is 0 Å². The van der Waals surface area contributed by atoms with Crippen LogP contribution in [0.25, 0.3) is 10.8 Å². The summed E-state index contributed by atoms with van der Waals surface area (Å²) in [5, 5.41) is 7.94. The SMILES string of the molecule is CCCn1nc(C(=O)NCc2ccccc2NS(C)(=O)=O)c2ccccc2c1=O. The molecule has 1 amide bonds. The third-order valence-corrected chi connectivity index (χ3v) is 4.86. The molecule has 29 heavy (non-hydrogen) atoms. The van der Waals surface area contributed by atoms with Crippen molar-refractivity contribution in [2.75, 3.05) is 11.0 Å². The minimum atomic E-state index is -3.45. The number of aromatic nitrogens is 2. The summed E-state index contributed by atoms with van der Waals surface area (Å²) in [5.41, 5.74) is 0.922. The number of benzene rings is 2. The van der Waals surface area contributed by atoms with Crippen LogP contribution in [0, 0.1) is 0 Å². The van der Waals surface area contributed by atoms with E-state index >= 15 is 0 Å². The van der Waals surface area contributed by atoms with Crippen molar-refractivity contribution in [2.45, 2.75) is 26.4 Å². The Kier molecular flexibility index (Phi) is 5.97. The van der Waals surface area contributed by atoms with Crippen molar-refractivity contribution in [3.63, 3.8) is 0 Å². The van der Waals surface area contributed by atoms with Gasteiger partial charge in [-0.1, -0.05) is 43.3 Å². The predicted octanol–water partition coefficient (Wildman–Crippen LogP) is 2.11. The highest BCUT2D eigenvalue weighted by atomic mass is 32.2. The monoisotopic (exact) mass is 414 g/mol. The molecular formula is C20H22N4O4S. The molecule has 3 aromatic rings. The molecule has 0 saturated heterocycles. The number of carbonyl (C=O) groups excluding carboxylic acids is 1. The van der Waals surface area contributed by atoms with E-state index in [0.29, 0.717) is 35.0 Å². The van der Waals surface area contributed by atoms with E-state index in [-0.39, 0.29) is 17.8 Å². The summed E-state index contributed by atoms with van der Waals surface area (Å²) in [4.78, 5) is 25.4. The first-order valence-electron chi connectivity index (χ1n) is 9.14. The Morgan fingerprint density at radius 1 is 1.07 bits per heavy atom. The molecule has 2 N–H and O–H groups in total. The Labute approximate surface area is 168 Å². The number of hydrogen-bond acceptors (Lipinski definition) is 5. The third-order valence-electron chi connectivity index (χ3n) is 4.27. The zero-order valence-corrected chi connectivity index (χ0v) is 17.0. The fourth-order valence-corrected chi connectivity index (χ4v) is 3.60. The van der Waals surface area contributed by atoms with E-state index in [1.807, 2.05) is 6.92 Å². The van der Waals surface area contributed by atoms with Crippen molar-refractivity contribution in [1.82, 2.24) is 15.1 Å². The molecule has 0 bridgehead atoms. The molecule has 3 rings (SSSR count). The molecule has 152 valence electrons. The second-order valence-electron chi connectivity index (χ2n) is 6.64. The van der Waals surface area contributed by atoms with Crippen LogP contribution in [-0.2, 0) is 23.1 Å². The van der Waals surface area contributed by atoms with Crippen molar-refractivity contribution in [1.29, 1.82) is 0 Å². The van der Waals surface area contributed by atoms with Crippen LogP contribution in [-0.4, -0.2) is 30.4 Å². The predicted molar refractivity (Wildman–Crippen MR) is 112 cm³/mol. The number of amides is 1. The molecule has 9 heteroatoms. The second-order valence-corrected chi connectivity index (χ2v) is 8.38. The maximum Gasteiger partial charge on any atom is 0.274 e. The molecule has 8 nitrogen and oxygen atoms in total. The number of aryl methyl sites for hydroxylation is 1. The Morgan fingerprint density at radius 3 is 2.41 bits per heavy atom. The fraction of sp³-hybridized carbons (Fsp3) is 0.250. The molecule has 0 aliphatic carbocycles. The largest absolute Gasteiger partial charge is 0.346 e. The first-order valence-corrected chi connectivity index (χ1v) is 11.0. The van der Waals surface area contributed by atoms with E-state index in [1.54, 1.807) is 48.5 Å². The number of nitrogens with zero attached hydrogens (tertiary/aromatic N) is 2. The zero-order chi connectivity index (χ0) is 21.0. The van der Waals surface area contributed by atoms with Crippen LogP contribution in [0.1, 0.15) is 29.4 Å². The summed E-state index contributed by atoms with van der Waals surface area (Å²) in [5.74, 6) is -0.444. The van der Waals surface area contributed by atoms with E-state index in [9.17, 15) is 18.0 Å². The average molecular weight is 414 g/mol. The Bertz CT molecular complexity index is 1220. The van der Waals surface area contributed by atoms with Gasteiger partial charge < -0.3 is 5.32 Å². The van der Waals surface area contributed by atoms with Gasteiger partial charge in [0.05, 0.1) is 17.3 Å². The highest BCUT2D eigenvalue weighted by molar-refractivity contribution is 7.92. The lowest BCUT2D eigenvalue weighted by Gasteiger charge is -2.13. The molecule has 0 fully saturated rings. The quantitative estimate of drug-likeness (QED) is 0.615. The van der Waals surface area contributed by atoms with E-state index in [0.717, 1.165) is 6.26 Å². The summed E-state index contributed by atoms with van der Waals surface area (Å²) in [7, 11) is -3.45. The summed E-state index contributed by atoms with van der Waals surface area (Å²) in [6, 6.07) is 13.7. The lowest BCUT2D eigenvalue weighted by molar-refractivity contribution is 0.0945. The smallest absolute Gasteiger partial charge is 0.274 e. The van der Waals surface area contributed by atoms with Gasteiger partial charge >= 0.3 is 0 Å². The van der Waals surface area contributed by atoms with Crippen LogP contribution in [0.3, 0.4) is 0 Å². The number of fused-ring (bicyclic) bond motifs is 1. The molecule has 1 aromatic heterocycles. The number of sulfonamides is 1. The molecule has 1 heterocycles. The van der Waals surface area contributed by atoms with Gasteiger partial charge in [-0.3, -0.25) is 14.3 Å². The van der Waals surface area contributed by atoms with Gasteiger partial charge in [-0.25, -0.2) is 13.1 Å². The number of carbonyl (C=O) groups is 1. The summed E-state index contributed by atoms with van der Waals surface area (Å²) >= 11 is 0. The summed E-state index contributed by atoms with van der Waals surface area (Å²) in [6.07, 6.45) is 1.77. The van der Waals surface area contributed by atoms with E-state index < -0.39 is 15.9 Å². The topological polar surface area (TPSA) is 110 Å². The van der Waals surface area contributed by atoms with E-state index in [1.165, 1.54) is 4.68 Å². The van der Waals surface area contributed by atoms with Crippen LogP contribution in [0.4, 0.5) is 5.69 Å². The lowest BCUT2D eigenvalue weighted by atomic mass is 10.1. The van der Waals surface area contributed by atoms with Gasteiger partial charge in [-0.15, -0.1) is 0 Å². The molecule has 0 aliphatic heterocycles. The van der Waals surface area contributed by atoms with E-state index in [4.69, 9.17) is 0 Å². The normalized spacial score (nSPS) is 11.4. The van der Waals surface area contributed by atoms with Crippen LogP contribution in [0.5, 0.6) is 0 Å². The number of hydrogen-bond donors (Lipinski definition) is 2. The molecule has 0 atom stereocenters. The maximum absolute atomic E-state index is 12.9. The van der Waals surface area contributed by atoms with Gasteiger partial charge in [-0.05, 0) is 24.1 Å². The maximum atomic E-state index is 12.9. The van der Waals surface area contributed by atoms with Crippen molar-refractivity contribution in [3.8, 4) is 0 Å². The summed E-state index contributed by atoms with van der Waals surface area (Å²) < 4.78 is 26.8. The molecule has 0 spiro atoms. The minimum Gasteiger partial charge on any atom is -0.346 e. The highest BCUT2D eigenvalue weighted by Gasteiger charge is 2.17. The number of anilines is 1. The number of rotatable bonds is 7. The van der Waals surface area contributed by atoms with Gasteiger partial charge in [0.25, 0.3) is 11.5 Å². The molecule has 2 aromatic carbocycles. The molecule has 0 unspecified atom stereocenters. The number of para-hydroxylation sites is 1. The van der Waals surface area contributed by atoms with Crippen LogP contribution >= 0.6 is 0 Å². The van der Waals surface area contributed by atoms with Gasteiger partial charge in [0.2, 0.25) is 10.0 Å². The van der Waals surface area contributed by atoms with Crippen LogP contribution in [0.15, 0.2) is 53.3 Å². The van der Waals surface area contributed by atoms with Crippen molar-refractivity contribution in [3.05, 3.63) is 70.1 Å². The molecule has 0 aliphatic rings. The molecule has 0 saturated carbocycles. The third kappa shape index (κ3) is 4.80. The average Bonchev–Trinajstić information content (AvgIpc) is 2.68. The zero-order valence-electron chi connectivity index (χ0n) is 16.2. The first kappa shape index (κ1) is 20.5.